The van der Waals surface area contributed by atoms with Gasteiger partial charge in [0.25, 0.3) is 12.3 Å². The van der Waals surface area contributed by atoms with E-state index in [0.29, 0.717) is 17.0 Å². The number of nitrogens with zero attached hydrogens (tertiary/aromatic N) is 3. The zero-order valence-electron chi connectivity index (χ0n) is 14.0. The minimum absolute atomic E-state index is 0.0403. The molecule has 0 saturated heterocycles. The van der Waals surface area contributed by atoms with Crippen molar-refractivity contribution in [2.45, 2.75) is 13.0 Å². The number of aromatic nitrogens is 3. The lowest BCUT2D eigenvalue weighted by Gasteiger charge is -2.08. The van der Waals surface area contributed by atoms with E-state index in [4.69, 9.17) is 21.9 Å². The Morgan fingerprint density at radius 2 is 1.82 bits per heavy atom. The average Bonchev–Trinajstić information content (AvgIpc) is 3.23. The predicted molar refractivity (Wildman–Crippen MR) is 95.1 cm³/mol. The van der Waals surface area contributed by atoms with E-state index in [-0.39, 0.29) is 40.2 Å². The molecular weight excluding hydrogens is 400 g/mol. The van der Waals surface area contributed by atoms with E-state index >= 15 is 0 Å². The average molecular weight is 411 g/mol. The van der Waals surface area contributed by atoms with E-state index in [0.717, 1.165) is 12.1 Å². The molecule has 2 heterocycles. The summed E-state index contributed by atoms with van der Waals surface area (Å²) in [6.45, 7) is -0.162. The van der Waals surface area contributed by atoms with E-state index in [2.05, 4.69) is 10.1 Å². The van der Waals surface area contributed by atoms with Crippen molar-refractivity contribution in [1.29, 1.82) is 0 Å². The molecule has 0 unspecified atom stereocenters. The van der Waals surface area contributed by atoms with Crippen LogP contribution in [0, 0.1) is 11.6 Å². The van der Waals surface area contributed by atoms with E-state index in [1.54, 1.807) is 6.07 Å². The van der Waals surface area contributed by atoms with E-state index < -0.39 is 18.1 Å². The van der Waals surface area contributed by atoms with Crippen LogP contribution in [-0.2, 0) is 6.54 Å². The van der Waals surface area contributed by atoms with Crippen molar-refractivity contribution in [2.24, 2.45) is 0 Å². The maximum atomic E-state index is 13.5. The van der Waals surface area contributed by atoms with Crippen LogP contribution in [0.1, 0.15) is 17.9 Å². The quantitative estimate of drug-likeness (QED) is 0.371. The highest BCUT2D eigenvalue weighted by atomic mass is 35.5. The number of alkyl halides is 2. The Balaban J connectivity index is 1.76. The molecule has 144 valence electrons. The van der Waals surface area contributed by atoms with Crippen LogP contribution in [0.5, 0.6) is 0 Å². The number of benzene rings is 2. The molecule has 5 nitrogen and oxygen atoms in total. The maximum Gasteiger partial charge on any atom is 0.278 e. The van der Waals surface area contributed by atoms with Gasteiger partial charge in [0.2, 0.25) is 0 Å². The van der Waals surface area contributed by atoms with Crippen LogP contribution in [0.25, 0.3) is 22.4 Å². The smallest absolute Gasteiger partial charge is 0.278 e. The van der Waals surface area contributed by atoms with Gasteiger partial charge in [-0.05, 0) is 30.3 Å². The summed E-state index contributed by atoms with van der Waals surface area (Å²) in [5.41, 5.74) is 6.16. The van der Waals surface area contributed by atoms with Crippen molar-refractivity contribution < 1.29 is 22.1 Å². The Kier molecular flexibility index (Phi) is 4.46. The van der Waals surface area contributed by atoms with E-state index in [1.807, 2.05) is 0 Å². The van der Waals surface area contributed by atoms with Crippen molar-refractivity contribution in [3.05, 3.63) is 64.6 Å². The SMILES string of the molecule is Nc1ccc2c(cc(C(F)F)n2Cc2noc(-c3cc(F)cc(F)c3)n2)c1Cl. The molecule has 0 bridgehead atoms. The fourth-order valence-corrected chi connectivity index (χ4v) is 3.16. The Morgan fingerprint density at radius 3 is 2.50 bits per heavy atom. The molecule has 4 rings (SSSR count). The fraction of sp³-hybridized carbons (Fsp3) is 0.111. The monoisotopic (exact) mass is 410 g/mol. The minimum atomic E-state index is -2.78. The summed E-state index contributed by atoms with van der Waals surface area (Å²) in [7, 11) is 0. The highest BCUT2D eigenvalue weighted by molar-refractivity contribution is 6.38. The Bertz CT molecular complexity index is 1170. The molecule has 2 N–H and O–H groups in total. The van der Waals surface area contributed by atoms with Crippen molar-refractivity contribution in [3.8, 4) is 11.5 Å². The number of fused-ring (bicyclic) bond motifs is 1. The first-order chi connectivity index (χ1) is 13.3. The topological polar surface area (TPSA) is 69.9 Å². The number of hydrogen-bond donors (Lipinski definition) is 1. The van der Waals surface area contributed by atoms with Crippen LogP contribution in [0.3, 0.4) is 0 Å². The molecule has 4 aromatic rings. The maximum absolute atomic E-state index is 13.5. The second kappa shape index (κ2) is 6.83. The van der Waals surface area contributed by atoms with Gasteiger partial charge in [0.15, 0.2) is 5.82 Å². The number of hydrogen-bond acceptors (Lipinski definition) is 4. The van der Waals surface area contributed by atoms with Crippen LogP contribution < -0.4 is 5.73 Å². The lowest BCUT2D eigenvalue weighted by molar-refractivity contribution is 0.142. The number of anilines is 1. The van der Waals surface area contributed by atoms with Crippen LogP contribution in [0.15, 0.2) is 40.9 Å². The van der Waals surface area contributed by atoms with Gasteiger partial charge in [-0.25, -0.2) is 17.6 Å². The third kappa shape index (κ3) is 3.18. The molecule has 2 aromatic carbocycles. The molecule has 0 radical (unpaired) electrons. The summed E-state index contributed by atoms with van der Waals surface area (Å²) in [5.74, 6) is -1.70. The van der Waals surface area contributed by atoms with Crippen molar-refractivity contribution in [2.75, 3.05) is 5.73 Å². The summed E-state index contributed by atoms with van der Waals surface area (Å²) in [6, 6.07) is 7.08. The number of halogens is 5. The van der Waals surface area contributed by atoms with E-state index in [1.165, 1.54) is 16.7 Å². The number of rotatable bonds is 4. The summed E-state index contributed by atoms with van der Waals surface area (Å²) >= 11 is 6.13. The number of nitrogens with two attached hydrogens (primary N) is 1. The summed E-state index contributed by atoms with van der Waals surface area (Å²) < 4.78 is 60.1. The van der Waals surface area contributed by atoms with Crippen LogP contribution >= 0.6 is 11.6 Å². The molecule has 0 amide bonds. The van der Waals surface area contributed by atoms with Gasteiger partial charge in [-0.15, -0.1) is 0 Å². The second-order valence-electron chi connectivity index (χ2n) is 6.03. The fourth-order valence-electron chi connectivity index (χ4n) is 2.95. The lowest BCUT2D eigenvalue weighted by atomic mass is 10.2. The Morgan fingerprint density at radius 1 is 1.11 bits per heavy atom. The molecule has 28 heavy (non-hydrogen) atoms. The lowest BCUT2D eigenvalue weighted by Crippen LogP contribution is -2.06. The molecule has 2 aromatic heterocycles. The first-order valence-electron chi connectivity index (χ1n) is 7.98. The van der Waals surface area contributed by atoms with Gasteiger partial charge in [-0.3, -0.25) is 0 Å². The van der Waals surface area contributed by atoms with Gasteiger partial charge >= 0.3 is 0 Å². The molecule has 0 aliphatic rings. The molecule has 0 saturated carbocycles. The molecule has 0 aliphatic carbocycles. The standard InChI is InChI=1S/C18H11ClF4N4O/c19-16-11-6-14(17(22)23)27(13(11)2-1-12(16)24)7-15-25-18(28-26-15)8-3-9(20)5-10(21)4-8/h1-6,17H,7,24H2. The first-order valence-corrected chi connectivity index (χ1v) is 8.35. The van der Waals surface area contributed by atoms with Gasteiger partial charge in [0.05, 0.1) is 28.5 Å². The predicted octanol–water partition coefficient (Wildman–Crippen LogP) is 5.19. The molecule has 0 spiro atoms. The largest absolute Gasteiger partial charge is 0.398 e. The molecule has 10 heteroatoms. The molecular formula is C18H11ClF4N4O. The van der Waals surface area contributed by atoms with Crippen molar-refractivity contribution in [1.82, 2.24) is 14.7 Å². The van der Waals surface area contributed by atoms with Gasteiger partial charge in [0, 0.05) is 17.0 Å². The van der Waals surface area contributed by atoms with Gasteiger partial charge in [-0.2, -0.15) is 4.98 Å². The Labute approximate surface area is 160 Å². The third-order valence-electron chi connectivity index (χ3n) is 4.18. The first kappa shape index (κ1) is 18.3. The van der Waals surface area contributed by atoms with Crippen LogP contribution in [0.2, 0.25) is 5.02 Å². The molecule has 0 aliphatic heterocycles. The van der Waals surface area contributed by atoms with Gasteiger partial charge in [0.1, 0.15) is 11.6 Å². The summed E-state index contributed by atoms with van der Waals surface area (Å²) in [4.78, 5) is 4.05. The molecule has 0 fully saturated rings. The minimum Gasteiger partial charge on any atom is -0.398 e. The second-order valence-corrected chi connectivity index (χ2v) is 6.41. The number of nitrogen functional groups attached to an aromatic ring is 1. The van der Waals surface area contributed by atoms with Crippen LogP contribution in [0.4, 0.5) is 23.2 Å². The van der Waals surface area contributed by atoms with Crippen LogP contribution in [-0.4, -0.2) is 14.7 Å². The molecule has 0 atom stereocenters. The van der Waals surface area contributed by atoms with Gasteiger partial charge in [-0.1, -0.05) is 16.8 Å². The van der Waals surface area contributed by atoms with Gasteiger partial charge < -0.3 is 14.8 Å². The summed E-state index contributed by atoms with van der Waals surface area (Å²) in [6.07, 6.45) is -2.78. The summed E-state index contributed by atoms with van der Waals surface area (Å²) in [5, 5.41) is 4.26. The third-order valence-corrected chi connectivity index (χ3v) is 4.60. The zero-order chi connectivity index (χ0) is 20.0. The van der Waals surface area contributed by atoms with E-state index in [9.17, 15) is 17.6 Å². The highest BCUT2D eigenvalue weighted by Gasteiger charge is 2.21. The van der Waals surface area contributed by atoms with Crippen molar-refractivity contribution >= 4 is 28.2 Å². The zero-order valence-corrected chi connectivity index (χ0v) is 14.7. The normalized spacial score (nSPS) is 11.6. The highest BCUT2D eigenvalue weighted by Crippen LogP contribution is 2.35. The Hall–Kier alpha value is -3.07. The van der Waals surface area contributed by atoms with Crippen molar-refractivity contribution in [3.63, 3.8) is 0 Å².